The first-order chi connectivity index (χ1) is 9.15. The zero-order valence-electron chi connectivity index (χ0n) is 10.4. The van der Waals surface area contributed by atoms with Crippen molar-refractivity contribution >= 4 is 11.7 Å². The molecule has 0 heterocycles. The molecule has 2 aromatic rings. The van der Waals surface area contributed by atoms with Gasteiger partial charge in [0.15, 0.2) is 0 Å². The fourth-order valence-electron chi connectivity index (χ4n) is 1.80. The molecule has 0 aliphatic heterocycles. The van der Waals surface area contributed by atoms with Crippen LogP contribution in [-0.2, 0) is 17.8 Å². The number of rotatable bonds is 5. The van der Waals surface area contributed by atoms with Crippen molar-refractivity contribution in [2.24, 2.45) is 0 Å². The summed E-state index contributed by atoms with van der Waals surface area (Å²) in [5.41, 5.74) is 7.93. The van der Waals surface area contributed by atoms with E-state index < -0.39 is 5.97 Å². The molecule has 2 rings (SSSR count). The number of hydrogen-bond donors (Lipinski definition) is 2. The van der Waals surface area contributed by atoms with Gasteiger partial charge in [-0.1, -0.05) is 30.3 Å². The van der Waals surface area contributed by atoms with Gasteiger partial charge in [0.25, 0.3) is 0 Å². The first-order valence-corrected chi connectivity index (χ1v) is 5.92. The van der Waals surface area contributed by atoms with E-state index in [1.807, 2.05) is 30.3 Å². The van der Waals surface area contributed by atoms with Crippen molar-refractivity contribution in [2.45, 2.75) is 13.0 Å². The molecule has 0 atom stereocenters. The number of nitrogens with two attached hydrogens (primary N) is 1. The van der Waals surface area contributed by atoms with E-state index in [4.69, 9.17) is 15.6 Å². The Bertz CT molecular complexity index is 581. The zero-order valence-corrected chi connectivity index (χ0v) is 10.4. The minimum Gasteiger partial charge on any atom is -0.489 e. The van der Waals surface area contributed by atoms with Crippen LogP contribution in [0.3, 0.4) is 0 Å². The molecule has 0 saturated carbocycles. The average molecular weight is 257 g/mol. The van der Waals surface area contributed by atoms with Crippen LogP contribution in [0.1, 0.15) is 11.1 Å². The van der Waals surface area contributed by atoms with Crippen molar-refractivity contribution in [2.75, 3.05) is 5.73 Å². The Morgan fingerprint density at radius 2 is 1.84 bits per heavy atom. The maximum atomic E-state index is 10.8. The topological polar surface area (TPSA) is 72.5 Å². The summed E-state index contributed by atoms with van der Waals surface area (Å²) in [5.74, 6) is -0.179. The maximum Gasteiger partial charge on any atom is 0.307 e. The molecule has 0 saturated heterocycles. The van der Waals surface area contributed by atoms with E-state index in [-0.39, 0.29) is 6.42 Å². The number of aliphatic carboxylic acids is 1. The lowest BCUT2D eigenvalue weighted by atomic mass is 10.1. The third kappa shape index (κ3) is 3.74. The second kappa shape index (κ2) is 5.91. The van der Waals surface area contributed by atoms with Gasteiger partial charge in [-0.2, -0.15) is 0 Å². The fourth-order valence-corrected chi connectivity index (χ4v) is 1.80. The summed E-state index contributed by atoms with van der Waals surface area (Å²) in [7, 11) is 0. The summed E-state index contributed by atoms with van der Waals surface area (Å²) in [4.78, 5) is 10.8. The molecule has 4 heteroatoms. The molecule has 0 aliphatic rings. The van der Waals surface area contributed by atoms with E-state index in [0.717, 1.165) is 11.1 Å². The highest BCUT2D eigenvalue weighted by molar-refractivity contribution is 5.70. The van der Waals surface area contributed by atoms with Crippen molar-refractivity contribution in [3.05, 3.63) is 59.7 Å². The Morgan fingerprint density at radius 1 is 1.11 bits per heavy atom. The Balaban J connectivity index is 2.09. The third-order valence-corrected chi connectivity index (χ3v) is 2.71. The highest BCUT2D eigenvalue weighted by Gasteiger charge is 2.06. The second-order valence-electron chi connectivity index (χ2n) is 4.20. The highest BCUT2D eigenvalue weighted by Crippen LogP contribution is 2.18. The monoisotopic (exact) mass is 257 g/mol. The van der Waals surface area contributed by atoms with Crippen LogP contribution in [-0.4, -0.2) is 11.1 Å². The number of anilines is 1. The molecule has 4 nitrogen and oxygen atoms in total. The molecule has 0 unspecified atom stereocenters. The molecule has 0 bridgehead atoms. The van der Waals surface area contributed by atoms with Crippen LogP contribution in [0.2, 0.25) is 0 Å². The molecule has 0 amide bonds. The Morgan fingerprint density at radius 3 is 2.53 bits per heavy atom. The van der Waals surface area contributed by atoms with E-state index in [0.29, 0.717) is 18.0 Å². The quantitative estimate of drug-likeness (QED) is 0.807. The summed E-state index contributed by atoms with van der Waals surface area (Å²) >= 11 is 0. The summed E-state index contributed by atoms with van der Waals surface area (Å²) in [5, 5.41) is 8.86. The van der Waals surface area contributed by atoms with Crippen molar-refractivity contribution in [3.8, 4) is 5.75 Å². The van der Waals surface area contributed by atoms with Gasteiger partial charge in [-0.25, -0.2) is 0 Å². The van der Waals surface area contributed by atoms with Crippen molar-refractivity contribution in [1.29, 1.82) is 0 Å². The van der Waals surface area contributed by atoms with Gasteiger partial charge in [0.2, 0.25) is 0 Å². The second-order valence-corrected chi connectivity index (χ2v) is 4.20. The van der Waals surface area contributed by atoms with Gasteiger partial charge in [-0.05, 0) is 23.3 Å². The molecule has 98 valence electrons. The van der Waals surface area contributed by atoms with Gasteiger partial charge in [-0.15, -0.1) is 0 Å². The van der Waals surface area contributed by atoms with E-state index >= 15 is 0 Å². The van der Waals surface area contributed by atoms with Gasteiger partial charge in [-0.3, -0.25) is 4.79 Å². The minimum atomic E-state index is -0.851. The normalized spacial score (nSPS) is 10.1. The number of hydrogen-bond acceptors (Lipinski definition) is 3. The molecule has 0 aliphatic carbocycles. The lowest BCUT2D eigenvalue weighted by Gasteiger charge is -2.10. The average Bonchev–Trinajstić information content (AvgIpc) is 2.37. The van der Waals surface area contributed by atoms with E-state index in [9.17, 15) is 4.79 Å². The van der Waals surface area contributed by atoms with Crippen molar-refractivity contribution in [1.82, 2.24) is 0 Å². The zero-order chi connectivity index (χ0) is 13.7. The summed E-state index contributed by atoms with van der Waals surface area (Å²) in [6.07, 6.45) is -0.00351. The SMILES string of the molecule is Nc1cccc(OCc2ccccc2CC(=O)O)c1. The van der Waals surface area contributed by atoms with Crippen molar-refractivity contribution < 1.29 is 14.6 Å². The first-order valence-electron chi connectivity index (χ1n) is 5.92. The Kier molecular flexibility index (Phi) is 4.03. The van der Waals surface area contributed by atoms with Crippen molar-refractivity contribution in [3.63, 3.8) is 0 Å². The smallest absolute Gasteiger partial charge is 0.307 e. The number of nitrogen functional groups attached to an aromatic ring is 1. The molecular weight excluding hydrogens is 242 g/mol. The van der Waals surface area contributed by atoms with Crippen LogP contribution >= 0.6 is 0 Å². The minimum absolute atomic E-state index is 0.00351. The van der Waals surface area contributed by atoms with E-state index in [2.05, 4.69) is 0 Å². The van der Waals surface area contributed by atoms with Crippen LogP contribution < -0.4 is 10.5 Å². The first kappa shape index (κ1) is 13.0. The predicted octanol–water partition coefficient (Wildman–Crippen LogP) is 2.47. The van der Waals surface area contributed by atoms with Gasteiger partial charge in [0.05, 0.1) is 6.42 Å². The number of ether oxygens (including phenoxy) is 1. The van der Waals surface area contributed by atoms with Gasteiger partial charge in [0.1, 0.15) is 12.4 Å². The molecule has 0 fully saturated rings. The Labute approximate surface area is 111 Å². The molecule has 3 N–H and O–H groups in total. The molecular formula is C15H15NO3. The molecule has 19 heavy (non-hydrogen) atoms. The lowest BCUT2D eigenvalue weighted by molar-refractivity contribution is -0.136. The van der Waals surface area contributed by atoms with Crippen LogP contribution in [0.25, 0.3) is 0 Å². The summed E-state index contributed by atoms with van der Waals surface area (Å²) in [6.45, 7) is 0.326. The molecule has 0 spiro atoms. The highest BCUT2D eigenvalue weighted by atomic mass is 16.5. The largest absolute Gasteiger partial charge is 0.489 e. The van der Waals surface area contributed by atoms with Crippen LogP contribution in [0, 0.1) is 0 Å². The predicted molar refractivity (Wildman–Crippen MR) is 73.0 cm³/mol. The fraction of sp³-hybridized carbons (Fsp3) is 0.133. The molecule has 2 aromatic carbocycles. The standard InChI is InChI=1S/C15H15NO3/c16-13-6-3-7-14(9-13)19-10-12-5-2-1-4-11(12)8-15(17)18/h1-7,9H,8,10,16H2,(H,17,18). The number of carbonyl (C=O) groups is 1. The molecule has 0 aromatic heterocycles. The molecule has 0 radical (unpaired) electrons. The maximum absolute atomic E-state index is 10.8. The summed E-state index contributed by atoms with van der Waals surface area (Å²) in [6, 6.07) is 14.5. The van der Waals surface area contributed by atoms with Crippen LogP contribution in [0.5, 0.6) is 5.75 Å². The van der Waals surface area contributed by atoms with E-state index in [1.54, 1.807) is 18.2 Å². The number of carboxylic acid groups (broad SMARTS) is 1. The Hall–Kier alpha value is -2.49. The third-order valence-electron chi connectivity index (χ3n) is 2.71. The van der Waals surface area contributed by atoms with Gasteiger partial charge < -0.3 is 15.6 Å². The van der Waals surface area contributed by atoms with Crippen LogP contribution in [0.15, 0.2) is 48.5 Å². The number of benzene rings is 2. The van der Waals surface area contributed by atoms with Gasteiger partial charge >= 0.3 is 5.97 Å². The number of carboxylic acids is 1. The lowest BCUT2D eigenvalue weighted by Crippen LogP contribution is -2.05. The van der Waals surface area contributed by atoms with Crippen LogP contribution in [0.4, 0.5) is 5.69 Å². The van der Waals surface area contributed by atoms with Gasteiger partial charge in [0, 0.05) is 11.8 Å². The summed E-state index contributed by atoms with van der Waals surface area (Å²) < 4.78 is 5.62. The van der Waals surface area contributed by atoms with E-state index in [1.165, 1.54) is 0 Å².